The summed E-state index contributed by atoms with van der Waals surface area (Å²) in [5.74, 6) is 1.74. The molecule has 0 amide bonds. The Hall–Kier alpha value is -1.68. The van der Waals surface area contributed by atoms with Crippen LogP contribution in [-0.2, 0) is 0 Å². The monoisotopic (exact) mass is 382 g/mol. The van der Waals surface area contributed by atoms with E-state index in [1.54, 1.807) is 0 Å². The maximum atomic E-state index is 4.19. The highest BCUT2D eigenvalue weighted by Crippen LogP contribution is 2.29. The Labute approximate surface area is 171 Å². The summed E-state index contributed by atoms with van der Waals surface area (Å²) in [6, 6.07) is 7.59. The molecule has 1 saturated carbocycles. The average molecular weight is 383 g/mol. The Morgan fingerprint density at radius 3 is 2.57 bits per heavy atom. The predicted molar refractivity (Wildman–Crippen MR) is 120 cm³/mol. The van der Waals surface area contributed by atoms with Crippen molar-refractivity contribution in [3.8, 4) is 0 Å². The SMILES string of the molecule is C=C(NCC1CCCCC1)Nc1ccc(N2CC[C@@H](N3CCCC3)C2)cc1C. The normalized spacial score (nSPS) is 23.9. The van der Waals surface area contributed by atoms with Gasteiger partial charge < -0.3 is 15.5 Å². The summed E-state index contributed by atoms with van der Waals surface area (Å²) < 4.78 is 0. The molecule has 0 aromatic heterocycles. The van der Waals surface area contributed by atoms with Gasteiger partial charge in [0, 0.05) is 37.1 Å². The minimum atomic E-state index is 0.754. The molecule has 2 heterocycles. The van der Waals surface area contributed by atoms with E-state index < -0.39 is 0 Å². The van der Waals surface area contributed by atoms with Crippen LogP contribution in [0.15, 0.2) is 30.6 Å². The number of rotatable bonds is 7. The first-order chi connectivity index (χ1) is 13.7. The molecule has 0 spiro atoms. The molecule has 1 aromatic carbocycles. The molecule has 2 aliphatic heterocycles. The summed E-state index contributed by atoms with van der Waals surface area (Å²) >= 11 is 0. The summed E-state index contributed by atoms with van der Waals surface area (Å²) in [6.45, 7) is 12.4. The van der Waals surface area contributed by atoms with Crippen molar-refractivity contribution in [1.29, 1.82) is 0 Å². The minimum absolute atomic E-state index is 0.754. The van der Waals surface area contributed by atoms with Gasteiger partial charge in [-0.2, -0.15) is 0 Å². The highest BCUT2D eigenvalue weighted by atomic mass is 15.3. The first kappa shape index (κ1) is 19.6. The van der Waals surface area contributed by atoms with Gasteiger partial charge in [-0.1, -0.05) is 25.8 Å². The van der Waals surface area contributed by atoms with Crippen molar-refractivity contribution in [2.75, 3.05) is 42.9 Å². The second-order valence-corrected chi connectivity index (χ2v) is 9.12. The number of hydrogen-bond acceptors (Lipinski definition) is 4. The van der Waals surface area contributed by atoms with Crippen molar-refractivity contribution < 1.29 is 0 Å². The van der Waals surface area contributed by atoms with Crippen LogP contribution >= 0.6 is 0 Å². The van der Waals surface area contributed by atoms with E-state index in [1.165, 1.54) is 94.5 Å². The highest BCUT2D eigenvalue weighted by molar-refractivity contribution is 5.62. The van der Waals surface area contributed by atoms with E-state index in [-0.39, 0.29) is 0 Å². The van der Waals surface area contributed by atoms with E-state index in [1.807, 2.05) is 0 Å². The highest BCUT2D eigenvalue weighted by Gasteiger charge is 2.29. The molecular weight excluding hydrogens is 344 g/mol. The second kappa shape index (κ2) is 9.21. The summed E-state index contributed by atoms with van der Waals surface area (Å²) in [4.78, 5) is 5.26. The number of anilines is 2. The number of likely N-dealkylation sites (tertiary alicyclic amines) is 1. The summed E-state index contributed by atoms with van der Waals surface area (Å²) in [5, 5.41) is 7.00. The van der Waals surface area contributed by atoms with Crippen LogP contribution in [0.5, 0.6) is 0 Å². The van der Waals surface area contributed by atoms with E-state index >= 15 is 0 Å². The molecule has 3 aliphatic rings. The van der Waals surface area contributed by atoms with Gasteiger partial charge in [-0.25, -0.2) is 0 Å². The molecule has 4 heteroatoms. The van der Waals surface area contributed by atoms with Crippen molar-refractivity contribution in [2.45, 2.75) is 64.3 Å². The van der Waals surface area contributed by atoms with Gasteiger partial charge in [-0.05, 0) is 81.8 Å². The van der Waals surface area contributed by atoms with Crippen molar-refractivity contribution >= 4 is 11.4 Å². The molecule has 1 atom stereocenters. The van der Waals surface area contributed by atoms with Crippen LogP contribution in [0.1, 0.15) is 56.9 Å². The summed E-state index contributed by atoms with van der Waals surface area (Å²) in [7, 11) is 0. The first-order valence-corrected chi connectivity index (χ1v) is 11.5. The molecule has 0 unspecified atom stereocenters. The van der Waals surface area contributed by atoms with Crippen LogP contribution in [0.25, 0.3) is 0 Å². The molecule has 1 aliphatic carbocycles. The lowest BCUT2D eigenvalue weighted by Gasteiger charge is -2.25. The lowest BCUT2D eigenvalue weighted by molar-refractivity contribution is 0.260. The number of aryl methyl sites for hydroxylation is 1. The zero-order valence-electron chi connectivity index (χ0n) is 17.7. The zero-order valence-corrected chi connectivity index (χ0v) is 17.7. The van der Waals surface area contributed by atoms with Gasteiger partial charge in [0.05, 0.1) is 5.82 Å². The van der Waals surface area contributed by atoms with Crippen LogP contribution in [0.4, 0.5) is 11.4 Å². The fourth-order valence-electron chi connectivity index (χ4n) is 5.23. The third kappa shape index (κ3) is 4.83. The average Bonchev–Trinajstić information content (AvgIpc) is 3.40. The van der Waals surface area contributed by atoms with Gasteiger partial charge in [0.2, 0.25) is 0 Å². The largest absolute Gasteiger partial charge is 0.372 e. The number of benzene rings is 1. The molecule has 3 fully saturated rings. The van der Waals surface area contributed by atoms with Gasteiger partial charge >= 0.3 is 0 Å². The Kier molecular flexibility index (Phi) is 6.46. The van der Waals surface area contributed by atoms with Gasteiger partial charge in [0.1, 0.15) is 0 Å². The fraction of sp³-hybridized carbons (Fsp3) is 0.667. The Morgan fingerprint density at radius 1 is 1.04 bits per heavy atom. The number of nitrogens with one attached hydrogen (secondary N) is 2. The second-order valence-electron chi connectivity index (χ2n) is 9.12. The van der Waals surface area contributed by atoms with Crippen molar-refractivity contribution in [3.05, 3.63) is 36.2 Å². The van der Waals surface area contributed by atoms with Gasteiger partial charge in [-0.3, -0.25) is 4.90 Å². The van der Waals surface area contributed by atoms with Gasteiger partial charge in [0.25, 0.3) is 0 Å². The van der Waals surface area contributed by atoms with E-state index in [9.17, 15) is 0 Å². The molecule has 0 radical (unpaired) electrons. The molecule has 154 valence electrons. The predicted octanol–water partition coefficient (Wildman–Crippen LogP) is 4.72. The molecule has 2 N–H and O–H groups in total. The van der Waals surface area contributed by atoms with E-state index in [0.717, 1.165) is 24.3 Å². The van der Waals surface area contributed by atoms with Crippen molar-refractivity contribution in [1.82, 2.24) is 10.2 Å². The molecule has 2 saturated heterocycles. The number of hydrogen-bond donors (Lipinski definition) is 2. The Morgan fingerprint density at radius 2 is 1.82 bits per heavy atom. The van der Waals surface area contributed by atoms with Crippen molar-refractivity contribution in [3.63, 3.8) is 0 Å². The molecule has 1 aromatic rings. The van der Waals surface area contributed by atoms with Crippen LogP contribution in [0.3, 0.4) is 0 Å². The van der Waals surface area contributed by atoms with Gasteiger partial charge in [-0.15, -0.1) is 0 Å². The Bertz CT molecular complexity index is 659. The number of nitrogens with zero attached hydrogens (tertiary/aromatic N) is 2. The fourth-order valence-corrected chi connectivity index (χ4v) is 5.23. The topological polar surface area (TPSA) is 30.5 Å². The standard InChI is InChI=1S/C24H38N4/c1-19-16-22(28-15-12-23(18-28)27-13-6-7-14-27)10-11-24(19)26-20(2)25-17-21-8-4-3-5-9-21/h10-11,16,21,23,25-26H,2-9,12-15,17-18H2,1H3/t23-/m1/s1. The smallest absolute Gasteiger partial charge is 0.0957 e. The molecule has 4 rings (SSSR count). The Balaban J connectivity index is 1.28. The third-order valence-corrected chi connectivity index (χ3v) is 7.01. The van der Waals surface area contributed by atoms with Crippen LogP contribution in [-0.4, -0.2) is 43.7 Å². The zero-order chi connectivity index (χ0) is 19.3. The van der Waals surface area contributed by atoms with E-state index in [2.05, 4.69) is 52.1 Å². The van der Waals surface area contributed by atoms with E-state index in [0.29, 0.717) is 0 Å². The quantitative estimate of drug-likeness (QED) is 0.714. The summed E-state index contributed by atoms with van der Waals surface area (Å²) in [6.07, 6.45) is 11.0. The van der Waals surface area contributed by atoms with Gasteiger partial charge in [0.15, 0.2) is 0 Å². The molecule has 28 heavy (non-hydrogen) atoms. The molecule has 4 nitrogen and oxygen atoms in total. The lowest BCUT2D eigenvalue weighted by Crippen LogP contribution is -2.35. The third-order valence-electron chi connectivity index (χ3n) is 7.01. The van der Waals surface area contributed by atoms with E-state index in [4.69, 9.17) is 0 Å². The van der Waals surface area contributed by atoms with Crippen LogP contribution in [0.2, 0.25) is 0 Å². The lowest BCUT2D eigenvalue weighted by atomic mass is 9.89. The maximum absolute atomic E-state index is 4.19. The summed E-state index contributed by atoms with van der Waals surface area (Å²) in [5.41, 5.74) is 3.83. The van der Waals surface area contributed by atoms with Crippen LogP contribution < -0.4 is 15.5 Å². The van der Waals surface area contributed by atoms with Crippen molar-refractivity contribution in [2.24, 2.45) is 5.92 Å². The molecular formula is C24H38N4. The molecule has 0 bridgehead atoms. The minimum Gasteiger partial charge on any atom is -0.372 e. The first-order valence-electron chi connectivity index (χ1n) is 11.5. The maximum Gasteiger partial charge on any atom is 0.0957 e. The van der Waals surface area contributed by atoms with Crippen LogP contribution in [0, 0.1) is 12.8 Å².